The van der Waals surface area contributed by atoms with Crippen LogP contribution in [0.15, 0.2) is 0 Å². The average molecular weight is 346 g/mol. The van der Waals surface area contributed by atoms with E-state index >= 15 is 0 Å². The van der Waals surface area contributed by atoms with Crippen LogP contribution in [0.3, 0.4) is 0 Å². The molecule has 0 aromatic carbocycles. The van der Waals surface area contributed by atoms with Crippen molar-refractivity contribution in [1.29, 1.82) is 0 Å². The zero-order valence-electron chi connectivity index (χ0n) is 11.6. The van der Waals surface area contributed by atoms with Crippen molar-refractivity contribution in [1.82, 2.24) is 0 Å². The minimum Gasteiger partial charge on any atom is -0.746 e. The Hall–Kier alpha value is 1.27. The third kappa shape index (κ3) is 15.7. The number of halogens is 4. The smallest absolute Gasteiger partial charge is 0.746 e. The summed E-state index contributed by atoms with van der Waals surface area (Å²) in [6.07, 6.45) is -1.56. The van der Waals surface area contributed by atoms with Crippen molar-refractivity contribution in [3.05, 3.63) is 0 Å². The maximum Gasteiger partial charge on any atom is 1.00 e. The minimum atomic E-state index is -4.84. The quantitative estimate of drug-likeness (QED) is 0.256. The molecule has 0 aromatic heterocycles. The Morgan fingerprint density at radius 3 is 1.70 bits per heavy atom. The molecule has 0 spiro atoms. The van der Waals surface area contributed by atoms with Gasteiger partial charge < -0.3 is 4.55 Å². The van der Waals surface area contributed by atoms with Gasteiger partial charge in [-0.15, -0.1) is 0 Å². The maximum absolute atomic E-state index is 12.7. The molecule has 0 aromatic rings. The van der Waals surface area contributed by atoms with Gasteiger partial charge in [0.1, 0.15) is 10.1 Å². The Labute approximate surface area is 160 Å². The third-order valence-corrected chi connectivity index (χ3v) is 3.57. The van der Waals surface area contributed by atoms with Gasteiger partial charge in [0.15, 0.2) is 5.50 Å². The molecule has 0 fully saturated rings. The minimum absolute atomic E-state index is 0. The largest absolute Gasteiger partial charge is 1.00 e. The Morgan fingerprint density at radius 1 is 0.900 bits per heavy atom. The fourth-order valence-corrected chi connectivity index (χ4v) is 2.11. The first-order valence-electron chi connectivity index (χ1n) is 6.28. The molecule has 0 amide bonds. The molecule has 0 heterocycles. The average Bonchev–Trinajstić information content (AvgIpc) is 2.23. The second-order valence-electron chi connectivity index (χ2n) is 4.53. The number of alkyl halides is 4. The van der Waals surface area contributed by atoms with Gasteiger partial charge in [0.2, 0.25) is 0 Å². The van der Waals surface area contributed by atoms with Crippen molar-refractivity contribution in [3.8, 4) is 0 Å². The summed E-state index contributed by atoms with van der Waals surface area (Å²) in [5.41, 5.74) is -2.35. The van der Waals surface area contributed by atoms with Crippen LogP contribution >= 0.6 is 0 Å². The summed E-state index contributed by atoms with van der Waals surface area (Å²) in [6, 6.07) is 0. The van der Waals surface area contributed by atoms with Crippen LogP contribution in [-0.4, -0.2) is 24.7 Å². The van der Waals surface area contributed by atoms with Crippen LogP contribution in [0.25, 0.3) is 0 Å². The summed E-state index contributed by atoms with van der Waals surface area (Å²) in [5.74, 6) is 0. The Kier molecular flexibility index (Phi) is 13.9. The fourth-order valence-electron chi connectivity index (χ4n) is 1.66. The molecule has 0 saturated heterocycles. The van der Waals surface area contributed by atoms with E-state index in [0.29, 0.717) is 32.1 Å². The molecule has 20 heavy (non-hydrogen) atoms. The Bertz CT molecular complexity index is 333. The summed E-state index contributed by atoms with van der Waals surface area (Å²) in [5, 5.41) is 0. The van der Waals surface area contributed by atoms with Crippen LogP contribution in [0.5, 0.6) is 0 Å². The van der Waals surface area contributed by atoms with Crippen molar-refractivity contribution in [2.24, 2.45) is 0 Å². The molecule has 0 N–H and O–H groups in total. The zero-order chi connectivity index (χ0) is 14.9. The van der Waals surface area contributed by atoms with Crippen LogP contribution in [0.2, 0.25) is 0 Å². The molecule has 9 heteroatoms. The summed E-state index contributed by atoms with van der Waals surface area (Å²) in [4.78, 5) is 0. The van der Waals surface area contributed by atoms with Gasteiger partial charge in [-0.2, -0.15) is 13.2 Å². The number of hydrogen-bond donors (Lipinski definition) is 0. The van der Waals surface area contributed by atoms with Gasteiger partial charge in [-0.05, 0) is 19.3 Å². The molecule has 0 aliphatic heterocycles. The maximum atomic E-state index is 12.7. The predicted octanol–water partition coefficient (Wildman–Crippen LogP) is 0.904. The van der Waals surface area contributed by atoms with E-state index < -0.39 is 28.2 Å². The normalized spacial score (nSPS) is 13.8. The predicted molar refractivity (Wildman–Crippen MR) is 62.2 cm³/mol. The van der Waals surface area contributed by atoms with E-state index in [9.17, 15) is 30.5 Å². The van der Waals surface area contributed by atoms with Crippen molar-refractivity contribution < 1.29 is 81.9 Å². The van der Waals surface area contributed by atoms with Crippen LogP contribution in [0.1, 0.15) is 57.8 Å². The molecule has 1 atom stereocenters. The molecule has 116 valence electrons. The Morgan fingerprint density at radius 2 is 1.30 bits per heavy atom. The molecule has 0 rings (SSSR count). The number of unbranched alkanes of at least 4 members (excludes halogenated alkanes) is 6. The third-order valence-electron chi connectivity index (χ3n) is 2.70. The molecule has 1 unspecified atom stereocenters. The van der Waals surface area contributed by atoms with Crippen LogP contribution in [-0.2, 0) is 10.1 Å². The van der Waals surface area contributed by atoms with Gasteiger partial charge in [-0.25, -0.2) is 12.8 Å². The zero-order valence-corrected chi connectivity index (χ0v) is 15.5. The first-order chi connectivity index (χ1) is 8.63. The molecule has 0 radical (unpaired) electrons. The van der Waals surface area contributed by atoms with Gasteiger partial charge in [0, 0.05) is 6.42 Å². The van der Waals surface area contributed by atoms with Crippen molar-refractivity contribution in [3.63, 3.8) is 0 Å². The second kappa shape index (κ2) is 11.8. The van der Waals surface area contributed by atoms with Crippen LogP contribution < -0.4 is 51.4 Å². The molecular formula is C11H19F4KO3S. The number of rotatable bonds is 10. The van der Waals surface area contributed by atoms with E-state index in [0.717, 1.165) is 6.42 Å². The summed E-state index contributed by atoms with van der Waals surface area (Å²) in [6.45, 7) is 0. The van der Waals surface area contributed by atoms with Crippen molar-refractivity contribution >= 4 is 10.1 Å². The van der Waals surface area contributed by atoms with Crippen LogP contribution in [0.4, 0.5) is 17.6 Å². The van der Waals surface area contributed by atoms with E-state index in [1.54, 1.807) is 0 Å². The Balaban J connectivity index is 0. The molecule has 0 aliphatic rings. The molecule has 3 nitrogen and oxygen atoms in total. The SMILES string of the molecule is O=S(=O)([O-])C(F)CCCCCCCCCC(F)(F)F.[K+]. The van der Waals surface area contributed by atoms with E-state index in [1.165, 1.54) is 0 Å². The van der Waals surface area contributed by atoms with Gasteiger partial charge in [-0.3, -0.25) is 0 Å². The molecular weight excluding hydrogens is 327 g/mol. The van der Waals surface area contributed by atoms with Gasteiger partial charge in [-0.1, -0.05) is 32.1 Å². The van der Waals surface area contributed by atoms with E-state index in [1.807, 2.05) is 0 Å². The first-order valence-corrected chi connectivity index (χ1v) is 7.75. The van der Waals surface area contributed by atoms with E-state index in [2.05, 4.69) is 0 Å². The van der Waals surface area contributed by atoms with Gasteiger partial charge in [0.25, 0.3) is 0 Å². The van der Waals surface area contributed by atoms with Gasteiger partial charge in [0.05, 0.1) is 0 Å². The topological polar surface area (TPSA) is 57.2 Å². The standard InChI is InChI=1S/C11H20F4O3S.K/c12-10(19(16,17)18)8-6-4-2-1-3-5-7-9-11(13,14)15;/h10H,1-9H2,(H,16,17,18);/q;+1/p-1. The van der Waals surface area contributed by atoms with E-state index in [-0.39, 0.29) is 64.2 Å². The first kappa shape index (κ1) is 23.5. The van der Waals surface area contributed by atoms with Crippen molar-refractivity contribution in [2.45, 2.75) is 69.5 Å². The summed E-state index contributed by atoms with van der Waals surface area (Å²) < 4.78 is 78.8. The van der Waals surface area contributed by atoms with Gasteiger partial charge >= 0.3 is 57.6 Å². The fraction of sp³-hybridized carbons (Fsp3) is 1.00. The summed E-state index contributed by atoms with van der Waals surface area (Å²) in [7, 11) is -4.84. The van der Waals surface area contributed by atoms with Crippen LogP contribution in [0, 0.1) is 0 Å². The van der Waals surface area contributed by atoms with E-state index in [4.69, 9.17) is 0 Å². The molecule has 0 bridgehead atoms. The molecule has 0 saturated carbocycles. The van der Waals surface area contributed by atoms with Crippen molar-refractivity contribution in [2.75, 3.05) is 0 Å². The number of hydrogen-bond acceptors (Lipinski definition) is 3. The second-order valence-corrected chi connectivity index (χ2v) is 6.03. The summed E-state index contributed by atoms with van der Waals surface area (Å²) >= 11 is 0. The monoisotopic (exact) mass is 346 g/mol. The molecule has 0 aliphatic carbocycles.